The predicted octanol–water partition coefficient (Wildman–Crippen LogP) is 3.32. The molecule has 0 unspecified atom stereocenters. The second kappa shape index (κ2) is 7.32. The van der Waals surface area contributed by atoms with Crippen molar-refractivity contribution in [3.8, 4) is 0 Å². The van der Waals surface area contributed by atoms with Gasteiger partial charge in [-0.05, 0) is 57.6 Å². The van der Waals surface area contributed by atoms with Crippen molar-refractivity contribution in [3.05, 3.63) is 29.3 Å². The van der Waals surface area contributed by atoms with E-state index in [1.54, 1.807) is 11.8 Å². The number of hydrogen-bond acceptors (Lipinski definition) is 3. The van der Waals surface area contributed by atoms with Gasteiger partial charge in [-0.25, -0.2) is 0 Å². The van der Waals surface area contributed by atoms with E-state index < -0.39 is 0 Å². The molecule has 0 bridgehead atoms. The monoisotopic (exact) mass is 306 g/mol. The normalized spacial score (nSPS) is 17.2. The van der Waals surface area contributed by atoms with Gasteiger partial charge in [0.15, 0.2) is 0 Å². The number of benzene rings is 1. The molecular weight excluding hydrogens is 280 g/mol. The summed E-state index contributed by atoms with van der Waals surface area (Å²) < 4.78 is 0. The number of piperidine rings is 1. The fraction of sp³-hybridized carbons (Fsp3) is 0.588. The first-order valence-electron chi connectivity index (χ1n) is 7.71. The van der Waals surface area contributed by atoms with E-state index in [0.29, 0.717) is 12.1 Å². The maximum Gasteiger partial charge on any atom is 0.251 e. The van der Waals surface area contributed by atoms with E-state index in [9.17, 15) is 4.79 Å². The number of amides is 1. The third kappa shape index (κ3) is 4.24. The molecular formula is C17H26N2OS. The topological polar surface area (TPSA) is 32.3 Å². The lowest BCUT2D eigenvalue weighted by Crippen LogP contribution is -2.46. The number of aryl methyl sites for hydroxylation is 1. The highest BCUT2D eigenvalue weighted by molar-refractivity contribution is 7.98. The standard InChI is InChI=1S/C17H26N2OS/c1-12(2)19-9-7-14(8-10-19)18-17(20)16-11-15(21-4)6-5-13(16)3/h5-6,11-12,14H,7-10H2,1-4H3,(H,18,20). The number of rotatable bonds is 4. The van der Waals surface area contributed by atoms with E-state index >= 15 is 0 Å². The van der Waals surface area contributed by atoms with Gasteiger partial charge in [-0.1, -0.05) is 6.07 Å². The first kappa shape index (κ1) is 16.4. The van der Waals surface area contributed by atoms with Crippen molar-refractivity contribution in [1.82, 2.24) is 10.2 Å². The summed E-state index contributed by atoms with van der Waals surface area (Å²) in [4.78, 5) is 16.1. The van der Waals surface area contributed by atoms with E-state index in [4.69, 9.17) is 0 Å². The molecule has 1 N–H and O–H groups in total. The SMILES string of the molecule is CSc1ccc(C)c(C(=O)NC2CCN(C(C)C)CC2)c1. The Morgan fingerprint density at radius 1 is 1.33 bits per heavy atom. The molecule has 1 amide bonds. The molecule has 1 aromatic carbocycles. The Bertz CT molecular complexity index is 494. The lowest BCUT2D eigenvalue weighted by molar-refractivity contribution is 0.0900. The Labute approximate surface area is 132 Å². The second-order valence-corrected chi connectivity index (χ2v) is 6.94. The van der Waals surface area contributed by atoms with Crippen LogP contribution in [0, 0.1) is 6.92 Å². The molecule has 0 saturated carbocycles. The molecule has 1 aromatic rings. The highest BCUT2D eigenvalue weighted by Gasteiger charge is 2.22. The summed E-state index contributed by atoms with van der Waals surface area (Å²) in [5.41, 5.74) is 1.86. The molecule has 1 heterocycles. The minimum absolute atomic E-state index is 0.0754. The van der Waals surface area contributed by atoms with Crippen LogP contribution >= 0.6 is 11.8 Å². The predicted molar refractivity (Wildman–Crippen MR) is 90.2 cm³/mol. The van der Waals surface area contributed by atoms with Gasteiger partial charge in [0.25, 0.3) is 5.91 Å². The minimum Gasteiger partial charge on any atom is -0.349 e. The van der Waals surface area contributed by atoms with E-state index in [1.807, 2.05) is 25.3 Å². The lowest BCUT2D eigenvalue weighted by Gasteiger charge is -2.34. The van der Waals surface area contributed by atoms with Crippen LogP contribution in [0.1, 0.15) is 42.6 Å². The highest BCUT2D eigenvalue weighted by Crippen LogP contribution is 2.20. The zero-order valence-electron chi connectivity index (χ0n) is 13.5. The zero-order valence-corrected chi connectivity index (χ0v) is 14.3. The molecule has 2 rings (SSSR count). The molecule has 1 saturated heterocycles. The Hall–Kier alpha value is -1.00. The van der Waals surface area contributed by atoms with Gasteiger partial charge in [-0.2, -0.15) is 0 Å². The smallest absolute Gasteiger partial charge is 0.251 e. The number of carbonyl (C=O) groups is 1. The van der Waals surface area contributed by atoms with Gasteiger partial charge in [0.05, 0.1) is 0 Å². The molecule has 0 aliphatic carbocycles. The number of hydrogen-bond donors (Lipinski definition) is 1. The molecule has 4 heteroatoms. The molecule has 0 atom stereocenters. The Kier molecular flexibility index (Phi) is 5.71. The lowest BCUT2D eigenvalue weighted by atomic mass is 10.0. The van der Waals surface area contributed by atoms with Crippen molar-refractivity contribution in [1.29, 1.82) is 0 Å². The third-order valence-corrected chi connectivity index (χ3v) is 5.01. The summed E-state index contributed by atoms with van der Waals surface area (Å²) in [6.45, 7) is 8.62. The van der Waals surface area contributed by atoms with Crippen molar-refractivity contribution in [3.63, 3.8) is 0 Å². The van der Waals surface area contributed by atoms with Gasteiger partial charge in [-0.15, -0.1) is 11.8 Å². The van der Waals surface area contributed by atoms with Crippen LogP contribution in [0.4, 0.5) is 0 Å². The molecule has 1 fully saturated rings. The fourth-order valence-corrected chi connectivity index (χ4v) is 3.24. The van der Waals surface area contributed by atoms with Crippen molar-refractivity contribution in [2.75, 3.05) is 19.3 Å². The molecule has 0 aromatic heterocycles. The number of nitrogens with zero attached hydrogens (tertiary/aromatic N) is 1. The highest BCUT2D eigenvalue weighted by atomic mass is 32.2. The van der Waals surface area contributed by atoms with Crippen LogP contribution in [0.25, 0.3) is 0 Å². The van der Waals surface area contributed by atoms with E-state index in [2.05, 4.69) is 30.1 Å². The van der Waals surface area contributed by atoms with Crippen molar-refractivity contribution < 1.29 is 4.79 Å². The Morgan fingerprint density at radius 3 is 2.57 bits per heavy atom. The Morgan fingerprint density at radius 2 is 2.00 bits per heavy atom. The second-order valence-electron chi connectivity index (χ2n) is 6.06. The number of nitrogens with one attached hydrogen (secondary N) is 1. The number of thioether (sulfide) groups is 1. The van der Waals surface area contributed by atoms with Crippen LogP contribution in [0.5, 0.6) is 0 Å². The first-order chi connectivity index (χ1) is 10.0. The maximum absolute atomic E-state index is 12.5. The van der Waals surface area contributed by atoms with Gasteiger partial charge >= 0.3 is 0 Å². The molecule has 0 spiro atoms. The zero-order chi connectivity index (χ0) is 15.4. The summed E-state index contributed by atoms with van der Waals surface area (Å²) in [5, 5.41) is 3.21. The quantitative estimate of drug-likeness (QED) is 0.866. The summed E-state index contributed by atoms with van der Waals surface area (Å²) in [5.74, 6) is 0.0754. The number of carbonyl (C=O) groups excluding carboxylic acids is 1. The maximum atomic E-state index is 12.5. The van der Waals surface area contributed by atoms with E-state index in [0.717, 1.165) is 42.0 Å². The minimum atomic E-state index is 0.0754. The van der Waals surface area contributed by atoms with E-state index in [-0.39, 0.29) is 5.91 Å². The summed E-state index contributed by atoms with van der Waals surface area (Å²) >= 11 is 1.67. The fourth-order valence-electron chi connectivity index (χ4n) is 2.80. The molecule has 1 aliphatic heterocycles. The summed E-state index contributed by atoms with van der Waals surface area (Å²) in [6.07, 6.45) is 4.13. The van der Waals surface area contributed by atoms with Gasteiger partial charge in [0.1, 0.15) is 0 Å². The molecule has 0 radical (unpaired) electrons. The van der Waals surface area contributed by atoms with Crippen molar-refractivity contribution in [2.45, 2.75) is 50.6 Å². The van der Waals surface area contributed by atoms with Gasteiger partial charge in [-0.3, -0.25) is 4.79 Å². The van der Waals surface area contributed by atoms with Crippen LogP contribution in [0.3, 0.4) is 0 Å². The van der Waals surface area contributed by atoms with Crippen LogP contribution in [0.15, 0.2) is 23.1 Å². The van der Waals surface area contributed by atoms with E-state index in [1.165, 1.54) is 0 Å². The average molecular weight is 306 g/mol. The van der Waals surface area contributed by atoms with Crippen molar-refractivity contribution in [2.24, 2.45) is 0 Å². The largest absolute Gasteiger partial charge is 0.349 e. The van der Waals surface area contributed by atoms with Crippen LogP contribution < -0.4 is 5.32 Å². The van der Waals surface area contributed by atoms with Gasteiger partial charge < -0.3 is 10.2 Å². The number of likely N-dealkylation sites (tertiary alicyclic amines) is 1. The average Bonchev–Trinajstić information content (AvgIpc) is 2.48. The first-order valence-corrected chi connectivity index (χ1v) is 8.93. The molecule has 3 nitrogen and oxygen atoms in total. The summed E-state index contributed by atoms with van der Waals surface area (Å²) in [6, 6.07) is 7.01. The van der Waals surface area contributed by atoms with Crippen LogP contribution in [-0.2, 0) is 0 Å². The van der Waals surface area contributed by atoms with Crippen molar-refractivity contribution >= 4 is 17.7 Å². The van der Waals surface area contributed by atoms with Crippen LogP contribution in [0.2, 0.25) is 0 Å². The molecule has 1 aliphatic rings. The molecule has 21 heavy (non-hydrogen) atoms. The molecule has 116 valence electrons. The Balaban J connectivity index is 1.96. The van der Waals surface area contributed by atoms with Crippen LogP contribution in [-0.4, -0.2) is 42.2 Å². The third-order valence-electron chi connectivity index (χ3n) is 4.28. The van der Waals surface area contributed by atoms with Gasteiger partial charge in [0.2, 0.25) is 0 Å². The summed E-state index contributed by atoms with van der Waals surface area (Å²) in [7, 11) is 0. The van der Waals surface area contributed by atoms with Gasteiger partial charge in [0, 0.05) is 35.6 Å².